The smallest absolute Gasteiger partial charge is 0.338 e. The molecule has 18 heavy (non-hydrogen) atoms. The molecule has 0 spiro atoms. The molecule has 0 amide bonds. The van der Waals surface area contributed by atoms with Crippen molar-refractivity contribution in [2.24, 2.45) is 0 Å². The lowest BCUT2D eigenvalue weighted by molar-refractivity contribution is 0.0523. The molecule has 0 bridgehead atoms. The van der Waals surface area contributed by atoms with Crippen LogP contribution in [0.5, 0.6) is 5.75 Å². The van der Waals surface area contributed by atoms with Gasteiger partial charge in [0.2, 0.25) is 0 Å². The van der Waals surface area contributed by atoms with E-state index in [1.165, 1.54) is 0 Å². The minimum atomic E-state index is -0.475. The Hall–Kier alpha value is -1.84. The lowest BCUT2D eigenvalue weighted by Gasteiger charge is -2.10. The Morgan fingerprint density at radius 3 is 2.33 bits per heavy atom. The van der Waals surface area contributed by atoms with E-state index < -0.39 is 5.97 Å². The predicted molar refractivity (Wildman–Crippen MR) is 68.2 cm³/mol. The maximum atomic E-state index is 11.8. The van der Waals surface area contributed by atoms with Gasteiger partial charge in [0.25, 0.3) is 0 Å². The molecule has 0 N–H and O–H groups in total. The summed E-state index contributed by atoms with van der Waals surface area (Å²) < 4.78 is 10.3. The average molecular weight is 250 g/mol. The van der Waals surface area contributed by atoms with Crippen molar-refractivity contribution >= 4 is 11.8 Å². The van der Waals surface area contributed by atoms with E-state index in [0.29, 0.717) is 29.9 Å². The zero-order chi connectivity index (χ0) is 13.5. The predicted octanol–water partition coefficient (Wildman–Crippen LogP) is 2.85. The molecule has 0 radical (unpaired) electrons. The van der Waals surface area contributed by atoms with Crippen molar-refractivity contribution < 1.29 is 19.1 Å². The number of carbonyl (C=O) groups excluding carboxylic acids is 2. The number of hydrogen-bond acceptors (Lipinski definition) is 4. The molecule has 0 aliphatic rings. The first kappa shape index (κ1) is 14.2. The highest BCUT2D eigenvalue weighted by Gasteiger charge is 2.17. The summed E-state index contributed by atoms with van der Waals surface area (Å²) in [7, 11) is 0. The first-order valence-corrected chi connectivity index (χ1v) is 6.11. The van der Waals surface area contributed by atoms with Crippen LogP contribution >= 0.6 is 0 Å². The largest absolute Gasteiger partial charge is 0.494 e. The Bertz CT molecular complexity index is 437. The Morgan fingerprint density at radius 2 is 1.78 bits per heavy atom. The zero-order valence-electron chi connectivity index (χ0n) is 11.0. The molecule has 0 heterocycles. The number of carbonyl (C=O) groups is 2. The van der Waals surface area contributed by atoms with Crippen molar-refractivity contribution in [1.82, 2.24) is 0 Å². The number of ether oxygens (including phenoxy) is 2. The lowest BCUT2D eigenvalue weighted by atomic mass is 10.0. The van der Waals surface area contributed by atoms with Crippen molar-refractivity contribution in [1.29, 1.82) is 0 Å². The zero-order valence-corrected chi connectivity index (χ0v) is 11.0. The molecular formula is C14H18O4. The topological polar surface area (TPSA) is 52.6 Å². The summed E-state index contributed by atoms with van der Waals surface area (Å²) in [6.45, 7) is 6.14. The maximum absolute atomic E-state index is 11.8. The van der Waals surface area contributed by atoms with Gasteiger partial charge >= 0.3 is 5.97 Å². The summed E-state index contributed by atoms with van der Waals surface area (Å²) in [5.41, 5.74) is 0.661. The van der Waals surface area contributed by atoms with Crippen LogP contribution in [0.15, 0.2) is 18.2 Å². The number of hydrogen-bond donors (Lipinski definition) is 0. The first-order valence-electron chi connectivity index (χ1n) is 6.11. The Labute approximate surface area is 107 Å². The van der Waals surface area contributed by atoms with Gasteiger partial charge in [-0.15, -0.1) is 0 Å². The number of ketones is 1. The molecule has 1 aromatic carbocycles. The molecule has 0 aliphatic carbocycles. The molecule has 0 aromatic heterocycles. The van der Waals surface area contributed by atoms with Gasteiger partial charge in [0.15, 0.2) is 5.78 Å². The van der Waals surface area contributed by atoms with Gasteiger partial charge in [-0.05, 0) is 32.0 Å². The van der Waals surface area contributed by atoms with Crippen LogP contribution in [0, 0.1) is 0 Å². The minimum absolute atomic E-state index is 0.0976. The molecule has 4 heteroatoms. The third kappa shape index (κ3) is 3.32. The van der Waals surface area contributed by atoms with E-state index in [9.17, 15) is 9.59 Å². The van der Waals surface area contributed by atoms with Gasteiger partial charge in [-0.1, -0.05) is 6.92 Å². The maximum Gasteiger partial charge on any atom is 0.338 e. The summed E-state index contributed by atoms with van der Waals surface area (Å²) in [5, 5.41) is 0. The van der Waals surface area contributed by atoms with Crippen LogP contribution in [0.4, 0.5) is 0 Å². The summed E-state index contributed by atoms with van der Waals surface area (Å²) >= 11 is 0. The van der Waals surface area contributed by atoms with E-state index in [1.54, 1.807) is 32.0 Å². The molecule has 0 aliphatic heterocycles. The third-order valence-corrected chi connectivity index (χ3v) is 2.42. The summed E-state index contributed by atoms with van der Waals surface area (Å²) in [6, 6.07) is 4.84. The number of benzene rings is 1. The molecule has 1 aromatic rings. The van der Waals surface area contributed by atoms with Gasteiger partial charge < -0.3 is 9.47 Å². The Morgan fingerprint density at radius 1 is 1.06 bits per heavy atom. The Kier molecular flexibility index (Phi) is 5.36. The van der Waals surface area contributed by atoms with Crippen LogP contribution in [-0.2, 0) is 4.74 Å². The van der Waals surface area contributed by atoms with Crippen LogP contribution in [0.25, 0.3) is 0 Å². The summed E-state index contributed by atoms with van der Waals surface area (Å²) in [5.74, 6) is 0.0132. The minimum Gasteiger partial charge on any atom is -0.494 e. The van der Waals surface area contributed by atoms with E-state index in [2.05, 4.69) is 0 Å². The van der Waals surface area contributed by atoms with E-state index in [4.69, 9.17) is 9.47 Å². The van der Waals surface area contributed by atoms with Crippen LogP contribution in [0.1, 0.15) is 47.9 Å². The van der Waals surface area contributed by atoms with E-state index >= 15 is 0 Å². The van der Waals surface area contributed by atoms with Gasteiger partial charge in [-0.2, -0.15) is 0 Å². The highest BCUT2D eigenvalue weighted by molar-refractivity contribution is 6.06. The molecule has 0 saturated heterocycles. The fourth-order valence-corrected chi connectivity index (χ4v) is 1.59. The van der Waals surface area contributed by atoms with Crippen molar-refractivity contribution in [3.8, 4) is 5.75 Å². The van der Waals surface area contributed by atoms with Crippen molar-refractivity contribution in [2.75, 3.05) is 13.2 Å². The molecule has 0 unspecified atom stereocenters. The quantitative estimate of drug-likeness (QED) is 0.575. The average Bonchev–Trinajstić information content (AvgIpc) is 2.38. The molecule has 0 saturated carbocycles. The van der Waals surface area contributed by atoms with E-state index in [-0.39, 0.29) is 12.4 Å². The lowest BCUT2D eigenvalue weighted by Crippen LogP contribution is -2.12. The normalized spacial score (nSPS) is 9.94. The van der Waals surface area contributed by atoms with Crippen LogP contribution in [0.3, 0.4) is 0 Å². The molecular weight excluding hydrogens is 232 g/mol. The second kappa shape index (κ2) is 6.79. The van der Waals surface area contributed by atoms with Gasteiger partial charge in [-0.3, -0.25) is 4.79 Å². The van der Waals surface area contributed by atoms with E-state index in [0.717, 1.165) is 0 Å². The first-order chi connectivity index (χ1) is 8.63. The Balaban J connectivity index is 3.16. The van der Waals surface area contributed by atoms with Crippen molar-refractivity contribution in [3.05, 3.63) is 29.3 Å². The second-order valence-corrected chi connectivity index (χ2v) is 3.64. The summed E-state index contributed by atoms with van der Waals surface area (Å²) in [4.78, 5) is 23.6. The fraction of sp³-hybridized carbons (Fsp3) is 0.429. The van der Waals surface area contributed by atoms with Crippen molar-refractivity contribution in [2.45, 2.75) is 27.2 Å². The van der Waals surface area contributed by atoms with Crippen LogP contribution < -0.4 is 4.74 Å². The number of rotatable bonds is 6. The van der Waals surface area contributed by atoms with E-state index in [1.807, 2.05) is 6.92 Å². The summed E-state index contributed by atoms with van der Waals surface area (Å²) in [6.07, 6.45) is 0.335. The monoisotopic (exact) mass is 250 g/mol. The molecule has 0 atom stereocenters. The SMILES string of the molecule is CCOC(=O)c1ccc(OCC)cc1C(=O)CC. The molecule has 0 fully saturated rings. The van der Waals surface area contributed by atoms with Gasteiger partial charge in [0, 0.05) is 12.0 Å². The number of Topliss-reactive ketones (excluding diaryl/α,β-unsaturated/α-hetero) is 1. The molecule has 1 rings (SSSR count). The number of esters is 1. The third-order valence-electron chi connectivity index (χ3n) is 2.42. The highest BCUT2D eigenvalue weighted by Crippen LogP contribution is 2.20. The van der Waals surface area contributed by atoms with Crippen molar-refractivity contribution in [3.63, 3.8) is 0 Å². The van der Waals surface area contributed by atoms with Gasteiger partial charge in [0.05, 0.1) is 18.8 Å². The highest BCUT2D eigenvalue weighted by atomic mass is 16.5. The van der Waals surface area contributed by atoms with Crippen LogP contribution in [-0.4, -0.2) is 25.0 Å². The molecule has 4 nitrogen and oxygen atoms in total. The standard InChI is InChI=1S/C14H18O4/c1-4-13(15)12-9-10(17-5-2)7-8-11(12)14(16)18-6-3/h7-9H,4-6H2,1-3H3. The second-order valence-electron chi connectivity index (χ2n) is 3.64. The fourth-order valence-electron chi connectivity index (χ4n) is 1.59. The molecule has 98 valence electrons. The van der Waals surface area contributed by atoms with Gasteiger partial charge in [0.1, 0.15) is 5.75 Å². The van der Waals surface area contributed by atoms with Crippen LogP contribution in [0.2, 0.25) is 0 Å². The van der Waals surface area contributed by atoms with Gasteiger partial charge in [-0.25, -0.2) is 4.79 Å².